The largest absolute Gasteiger partial charge is 0.311 e. The number of aromatic nitrogens is 3. The molecule has 1 aromatic rings. The topological polar surface area (TPSA) is 46.0 Å². The minimum absolute atomic E-state index is 0.632. The second kappa shape index (κ2) is 5.59. The SMILES string of the molecule is CCC1CN(Cc2ncnn2CC)C(C2CC2)CN1. The van der Waals surface area contributed by atoms with Crippen molar-refractivity contribution >= 4 is 0 Å². The van der Waals surface area contributed by atoms with Crippen molar-refractivity contribution in [3.63, 3.8) is 0 Å². The summed E-state index contributed by atoms with van der Waals surface area (Å²) in [5, 5.41) is 7.98. The Morgan fingerprint density at radius 2 is 2.21 bits per heavy atom. The first-order valence-electron chi connectivity index (χ1n) is 7.66. The van der Waals surface area contributed by atoms with Gasteiger partial charge in [-0.2, -0.15) is 5.10 Å². The summed E-state index contributed by atoms with van der Waals surface area (Å²) in [6.45, 7) is 8.54. The fraction of sp³-hybridized carbons (Fsp3) is 0.857. The van der Waals surface area contributed by atoms with Gasteiger partial charge in [0.15, 0.2) is 0 Å². The average Bonchev–Trinajstić information content (AvgIpc) is 3.19. The number of aryl methyl sites for hydroxylation is 1. The zero-order valence-corrected chi connectivity index (χ0v) is 12.0. The first-order chi connectivity index (χ1) is 9.31. The minimum Gasteiger partial charge on any atom is -0.311 e. The lowest BCUT2D eigenvalue weighted by Crippen LogP contribution is -2.56. The van der Waals surface area contributed by atoms with Gasteiger partial charge >= 0.3 is 0 Å². The van der Waals surface area contributed by atoms with Crippen molar-refractivity contribution in [1.82, 2.24) is 25.0 Å². The van der Waals surface area contributed by atoms with Crippen LogP contribution in [0, 0.1) is 5.92 Å². The van der Waals surface area contributed by atoms with E-state index in [4.69, 9.17) is 0 Å². The Hall–Kier alpha value is -0.940. The highest BCUT2D eigenvalue weighted by Gasteiger charge is 2.38. The van der Waals surface area contributed by atoms with E-state index in [-0.39, 0.29) is 0 Å². The van der Waals surface area contributed by atoms with Crippen LogP contribution in [-0.4, -0.2) is 44.8 Å². The van der Waals surface area contributed by atoms with E-state index in [1.165, 1.54) is 19.3 Å². The van der Waals surface area contributed by atoms with Gasteiger partial charge in [0.1, 0.15) is 12.2 Å². The van der Waals surface area contributed by atoms with E-state index in [2.05, 4.69) is 34.1 Å². The summed E-state index contributed by atoms with van der Waals surface area (Å²) < 4.78 is 2.02. The van der Waals surface area contributed by atoms with Crippen molar-refractivity contribution < 1.29 is 0 Å². The average molecular weight is 263 g/mol. The molecule has 1 aliphatic heterocycles. The van der Waals surface area contributed by atoms with E-state index in [0.717, 1.165) is 37.9 Å². The molecule has 0 aromatic carbocycles. The third-order valence-electron chi connectivity index (χ3n) is 4.54. The number of nitrogens with one attached hydrogen (secondary N) is 1. The molecule has 19 heavy (non-hydrogen) atoms. The highest BCUT2D eigenvalue weighted by Crippen LogP contribution is 2.36. The number of hydrogen-bond donors (Lipinski definition) is 1. The van der Waals surface area contributed by atoms with Gasteiger partial charge in [0, 0.05) is 31.7 Å². The van der Waals surface area contributed by atoms with Gasteiger partial charge in [0.2, 0.25) is 0 Å². The van der Waals surface area contributed by atoms with Crippen LogP contribution in [0.4, 0.5) is 0 Å². The Balaban J connectivity index is 1.71. The van der Waals surface area contributed by atoms with Crippen LogP contribution in [0.15, 0.2) is 6.33 Å². The molecule has 1 aromatic heterocycles. The lowest BCUT2D eigenvalue weighted by molar-refractivity contribution is 0.101. The molecule has 0 spiro atoms. The quantitative estimate of drug-likeness (QED) is 0.869. The molecule has 2 unspecified atom stereocenters. The zero-order chi connectivity index (χ0) is 13.2. The van der Waals surface area contributed by atoms with Crippen molar-refractivity contribution in [2.45, 2.75) is 58.3 Å². The molecule has 2 heterocycles. The van der Waals surface area contributed by atoms with Crippen LogP contribution in [-0.2, 0) is 13.1 Å². The summed E-state index contributed by atoms with van der Waals surface area (Å²) >= 11 is 0. The smallest absolute Gasteiger partial charge is 0.141 e. The molecule has 0 amide bonds. The molecule has 2 fully saturated rings. The molecule has 1 N–H and O–H groups in total. The van der Waals surface area contributed by atoms with Gasteiger partial charge in [-0.1, -0.05) is 6.92 Å². The van der Waals surface area contributed by atoms with Gasteiger partial charge < -0.3 is 5.32 Å². The zero-order valence-electron chi connectivity index (χ0n) is 12.0. The predicted molar refractivity (Wildman–Crippen MR) is 74.7 cm³/mol. The van der Waals surface area contributed by atoms with Gasteiger partial charge in [0.25, 0.3) is 0 Å². The third kappa shape index (κ3) is 2.82. The maximum Gasteiger partial charge on any atom is 0.141 e. The number of piperazine rings is 1. The Morgan fingerprint density at radius 1 is 1.37 bits per heavy atom. The maximum atomic E-state index is 4.44. The molecule has 5 heteroatoms. The van der Waals surface area contributed by atoms with Crippen LogP contribution >= 0.6 is 0 Å². The first kappa shape index (κ1) is 13.1. The predicted octanol–water partition coefficient (Wildman–Crippen LogP) is 1.26. The van der Waals surface area contributed by atoms with Crippen molar-refractivity contribution in [2.75, 3.05) is 13.1 Å². The van der Waals surface area contributed by atoms with Crippen LogP contribution in [0.3, 0.4) is 0 Å². The van der Waals surface area contributed by atoms with E-state index in [1.807, 2.05) is 4.68 Å². The fourth-order valence-electron chi connectivity index (χ4n) is 3.16. The highest BCUT2D eigenvalue weighted by molar-refractivity contribution is 4.97. The third-order valence-corrected chi connectivity index (χ3v) is 4.54. The molecule has 3 rings (SSSR count). The Bertz CT molecular complexity index is 412. The lowest BCUT2D eigenvalue weighted by atomic mass is 10.0. The Kier molecular flexibility index (Phi) is 3.84. The molecule has 1 saturated carbocycles. The first-order valence-corrected chi connectivity index (χ1v) is 7.66. The normalized spacial score (nSPS) is 28.7. The van der Waals surface area contributed by atoms with Gasteiger partial charge in [-0.3, -0.25) is 4.90 Å². The highest BCUT2D eigenvalue weighted by atomic mass is 15.4. The van der Waals surface area contributed by atoms with Gasteiger partial charge in [0.05, 0.1) is 6.54 Å². The molecule has 5 nitrogen and oxygen atoms in total. The summed E-state index contributed by atoms with van der Waals surface area (Å²) in [4.78, 5) is 7.07. The van der Waals surface area contributed by atoms with Gasteiger partial charge in [-0.25, -0.2) is 9.67 Å². The van der Waals surface area contributed by atoms with Gasteiger partial charge in [-0.05, 0) is 32.1 Å². The summed E-state index contributed by atoms with van der Waals surface area (Å²) in [7, 11) is 0. The second-order valence-corrected chi connectivity index (χ2v) is 5.84. The molecule has 2 aliphatic rings. The summed E-state index contributed by atoms with van der Waals surface area (Å²) in [5.74, 6) is 2.02. The summed E-state index contributed by atoms with van der Waals surface area (Å²) in [6.07, 6.45) is 5.69. The number of rotatable bonds is 5. The number of hydrogen-bond acceptors (Lipinski definition) is 4. The standard InChI is InChI=1S/C14H25N5/c1-3-12-8-18(13(7-15-12)11-5-6-11)9-14-16-10-17-19(14)4-2/h10-13,15H,3-9H2,1-2H3. The van der Waals surface area contributed by atoms with Crippen LogP contribution < -0.4 is 5.32 Å². The van der Waals surface area contributed by atoms with E-state index in [1.54, 1.807) is 6.33 Å². The Morgan fingerprint density at radius 3 is 2.89 bits per heavy atom. The Labute approximate surface area is 115 Å². The van der Waals surface area contributed by atoms with Crippen LogP contribution in [0.5, 0.6) is 0 Å². The molecule has 1 aliphatic carbocycles. The molecule has 0 bridgehead atoms. The van der Waals surface area contributed by atoms with Crippen LogP contribution in [0.1, 0.15) is 38.9 Å². The van der Waals surface area contributed by atoms with Crippen molar-refractivity contribution in [1.29, 1.82) is 0 Å². The second-order valence-electron chi connectivity index (χ2n) is 5.84. The molecule has 0 radical (unpaired) electrons. The lowest BCUT2D eigenvalue weighted by Gasteiger charge is -2.40. The molecule has 1 saturated heterocycles. The van der Waals surface area contributed by atoms with Crippen molar-refractivity contribution in [2.24, 2.45) is 5.92 Å². The van der Waals surface area contributed by atoms with Crippen molar-refractivity contribution in [3.05, 3.63) is 12.2 Å². The maximum absolute atomic E-state index is 4.44. The molecular weight excluding hydrogens is 238 g/mol. The molecule has 106 valence electrons. The molecular formula is C14H25N5. The fourth-order valence-corrected chi connectivity index (χ4v) is 3.16. The van der Waals surface area contributed by atoms with Crippen LogP contribution in [0.25, 0.3) is 0 Å². The summed E-state index contributed by atoms with van der Waals surface area (Å²) in [5.41, 5.74) is 0. The monoisotopic (exact) mass is 263 g/mol. The van der Waals surface area contributed by atoms with E-state index >= 15 is 0 Å². The van der Waals surface area contributed by atoms with E-state index in [0.29, 0.717) is 12.1 Å². The van der Waals surface area contributed by atoms with Crippen molar-refractivity contribution in [3.8, 4) is 0 Å². The van der Waals surface area contributed by atoms with Crippen LogP contribution in [0.2, 0.25) is 0 Å². The van der Waals surface area contributed by atoms with Gasteiger partial charge in [-0.15, -0.1) is 0 Å². The van der Waals surface area contributed by atoms with E-state index < -0.39 is 0 Å². The molecule has 2 atom stereocenters. The van der Waals surface area contributed by atoms with E-state index in [9.17, 15) is 0 Å². The number of nitrogens with zero attached hydrogens (tertiary/aromatic N) is 4. The minimum atomic E-state index is 0.632. The summed E-state index contributed by atoms with van der Waals surface area (Å²) in [6, 6.07) is 1.33.